The van der Waals surface area contributed by atoms with E-state index in [4.69, 9.17) is 0 Å². The molecule has 2 bridgehead atoms. The molecular weight excluding hydrogens is 234 g/mol. The predicted molar refractivity (Wildman–Crippen MR) is 63.2 cm³/mol. The summed E-state index contributed by atoms with van der Waals surface area (Å²) in [6.45, 7) is 0. The zero-order chi connectivity index (χ0) is 12.5. The number of rotatable bonds is 3. The van der Waals surface area contributed by atoms with Gasteiger partial charge in [-0.05, 0) is 55.3 Å². The number of ketones is 1. The fourth-order valence-electron chi connectivity index (χ4n) is 5.39. The number of halogens is 2. The molecule has 100 valence electrons. The van der Waals surface area contributed by atoms with E-state index >= 15 is 0 Å². The van der Waals surface area contributed by atoms with Crippen LogP contribution in [-0.2, 0) is 4.79 Å². The van der Waals surface area contributed by atoms with Crippen molar-refractivity contribution in [1.82, 2.24) is 0 Å². The first-order valence-electron chi connectivity index (χ1n) is 7.46. The van der Waals surface area contributed by atoms with Gasteiger partial charge in [0, 0.05) is 25.2 Å². The second-order valence-electron chi connectivity index (χ2n) is 7.15. The number of alkyl halides is 2. The molecule has 4 aliphatic rings. The van der Waals surface area contributed by atoms with Gasteiger partial charge in [-0.2, -0.15) is 0 Å². The molecule has 0 N–H and O–H groups in total. The number of Topliss-reactive ketones (excluding diaryl/α,β-unsaturated/α-hetero) is 1. The van der Waals surface area contributed by atoms with Gasteiger partial charge in [0.05, 0.1) is 0 Å². The molecule has 0 aromatic heterocycles. The average molecular weight is 254 g/mol. The Bertz CT molecular complexity index is 376. The van der Waals surface area contributed by atoms with E-state index in [-0.39, 0.29) is 24.7 Å². The molecule has 0 saturated heterocycles. The third kappa shape index (κ3) is 1.58. The zero-order valence-electron chi connectivity index (χ0n) is 10.6. The third-order valence-corrected chi connectivity index (χ3v) is 6.10. The Kier molecular flexibility index (Phi) is 2.24. The zero-order valence-corrected chi connectivity index (χ0v) is 10.6. The van der Waals surface area contributed by atoms with Crippen LogP contribution in [0.25, 0.3) is 0 Å². The topological polar surface area (TPSA) is 17.1 Å². The van der Waals surface area contributed by atoms with Crippen LogP contribution in [0.15, 0.2) is 0 Å². The summed E-state index contributed by atoms with van der Waals surface area (Å²) in [7, 11) is 0. The molecule has 0 spiro atoms. The van der Waals surface area contributed by atoms with Gasteiger partial charge in [-0.1, -0.05) is 0 Å². The maximum Gasteiger partial charge on any atom is 0.248 e. The number of fused-ring (bicyclic) bond motifs is 5. The van der Waals surface area contributed by atoms with Crippen LogP contribution in [-0.4, -0.2) is 11.7 Å². The molecule has 1 nitrogen and oxygen atoms in total. The smallest absolute Gasteiger partial charge is 0.248 e. The van der Waals surface area contributed by atoms with Crippen LogP contribution < -0.4 is 0 Å². The molecular formula is C15H20F2O. The normalized spacial score (nSPS) is 51.4. The second-order valence-corrected chi connectivity index (χ2v) is 7.15. The maximum atomic E-state index is 13.1. The molecule has 5 unspecified atom stereocenters. The highest BCUT2D eigenvalue weighted by Crippen LogP contribution is 2.69. The van der Waals surface area contributed by atoms with Crippen LogP contribution in [0, 0.1) is 35.5 Å². The number of hydrogen-bond acceptors (Lipinski definition) is 1. The predicted octanol–water partition coefficient (Wildman–Crippen LogP) is 3.67. The van der Waals surface area contributed by atoms with Crippen molar-refractivity contribution in [3.63, 3.8) is 0 Å². The molecule has 0 aromatic rings. The van der Waals surface area contributed by atoms with Crippen LogP contribution in [0.5, 0.6) is 0 Å². The number of carbonyl (C=O) groups excluding carboxylic acids is 1. The van der Waals surface area contributed by atoms with Gasteiger partial charge >= 0.3 is 0 Å². The van der Waals surface area contributed by atoms with Crippen LogP contribution >= 0.6 is 0 Å². The maximum absolute atomic E-state index is 13.1. The minimum atomic E-state index is -2.50. The number of hydrogen-bond donors (Lipinski definition) is 0. The van der Waals surface area contributed by atoms with E-state index in [0.717, 1.165) is 11.8 Å². The van der Waals surface area contributed by atoms with Gasteiger partial charge in [0.25, 0.3) is 0 Å². The average Bonchev–Trinajstić information content (AvgIpc) is 2.60. The Morgan fingerprint density at radius 2 is 1.78 bits per heavy atom. The number of carbonyl (C=O) groups is 1. The van der Waals surface area contributed by atoms with Crippen molar-refractivity contribution in [1.29, 1.82) is 0 Å². The van der Waals surface area contributed by atoms with Crippen molar-refractivity contribution >= 4 is 5.78 Å². The Labute approximate surface area is 106 Å². The summed E-state index contributed by atoms with van der Waals surface area (Å²) in [6.07, 6.45) is 4.91. The standard InChI is InChI=1S/C15H20F2O/c16-15(17)4-3-8(7-15)5-11(18)14-12-9-1-2-10(6-9)13(12)14/h8-10,12-14H,1-7H2. The van der Waals surface area contributed by atoms with Gasteiger partial charge in [-0.3, -0.25) is 4.79 Å². The molecule has 4 aliphatic carbocycles. The largest absolute Gasteiger partial charge is 0.299 e. The molecule has 5 atom stereocenters. The molecule has 4 fully saturated rings. The summed E-state index contributed by atoms with van der Waals surface area (Å²) in [5.74, 6) is 1.01. The second kappa shape index (κ2) is 3.55. The van der Waals surface area contributed by atoms with Gasteiger partial charge in [0.1, 0.15) is 5.78 Å². The van der Waals surface area contributed by atoms with Crippen molar-refractivity contribution in [2.45, 2.75) is 50.9 Å². The molecule has 0 radical (unpaired) electrons. The van der Waals surface area contributed by atoms with Gasteiger partial charge in [0.15, 0.2) is 0 Å². The van der Waals surface area contributed by atoms with E-state index in [1.807, 2.05) is 0 Å². The van der Waals surface area contributed by atoms with Gasteiger partial charge in [-0.25, -0.2) is 8.78 Å². The molecule has 0 heterocycles. The van der Waals surface area contributed by atoms with Gasteiger partial charge in [0.2, 0.25) is 5.92 Å². The lowest BCUT2D eigenvalue weighted by atomic mass is 9.93. The molecule has 4 saturated carbocycles. The Balaban J connectivity index is 1.36. The molecule has 0 aliphatic heterocycles. The Morgan fingerprint density at radius 1 is 1.11 bits per heavy atom. The van der Waals surface area contributed by atoms with Crippen molar-refractivity contribution in [3.05, 3.63) is 0 Å². The highest BCUT2D eigenvalue weighted by Gasteiger charge is 2.67. The molecule has 0 aromatic carbocycles. The Hall–Kier alpha value is -0.470. The summed E-state index contributed by atoms with van der Waals surface area (Å²) in [4.78, 5) is 12.3. The fraction of sp³-hybridized carbons (Fsp3) is 0.933. The SMILES string of the molecule is O=C(CC1CCC(F)(F)C1)C1C2C3CCC(C3)C12. The summed E-state index contributed by atoms with van der Waals surface area (Å²) >= 11 is 0. The monoisotopic (exact) mass is 254 g/mol. The lowest BCUT2D eigenvalue weighted by Gasteiger charge is -2.12. The van der Waals surface area contributed by atoms with Crippen molar-refractivity contribution in [2.24, 2.45) is 35.5 Å². The van der Waals surface area contributed by atoms with Gasteiger partial charge < -0.3 is 0 Å². The molecule has 0 amide bonds. The third-order valence-electron chi connectivity index (χ3n) is 6.10. The van der Waals surface area contributed by atoms with Crippen LogP contribution in [0.4, 0.5) is 8.78 Å². The minimum absolute atomic E-state index is 0.00623. The quantitative estimate of drug-likeness (QED) is 0.751. The van der Waals surface area contributed by atoms with Crippen molar-refractivity contribution < 1.29 is 13.6 Å². The first kappa shape index (κ1) is 11.4. The molecule has 18 heavy (non-hydrogen) atoms. The van der Waals surface area contributed by atoms with Crippen LogP contribution in [0.1, 0.15) is 44.9 Å². The lowest BCUT2D eigenvalue weighted by Crippen LogP contribution is -2.15. The summed E-state index contributed by atoms with van der Waals surface area (Å²) in [5.41, 5.74) is 0. The van der Waals surface area contributed by atoms with Crippen LogP contribution in [0.2, 0.25) is 0 Å². The molecule has 4 rings (SSSR count). The van der Waals surface area contributed by atoms with E-state index < -0.39 is 5.92 Å². The fourth-order valence-corrected chi connectivity index (χ4v) is 5.39. The lowest BCUT2D eigenvalue weighted by molar-refractivity contribution is -0.122. The summed E-state index contributed by atoms with van der Waals surface area (Å²) < 4.78 is 26.2. The first-order valence-corrected chi connectivity index (χ1v) is 7.46. The van der Waals surface area contributed by atoms with E-state index in [1.165, 1.54) is 19.3 Å². The van der Waals surface area contributed by atoms with E-state index in [9.17, 15) is 13.6 Å². The first-order chi connectivity index (χ1) is 8.55. The van der Waals surface area contributed by atoms with E-state index in [0.29, 0.717) is 30.5 Å². The summed E-state index contributed by atoms with van der Waals surface area (Å²) in [6, 6.07) is 0. The van der Waals surface area contributed by atoms with Crippen molar-refractivity contribution in [2.75, 3.05) is 0 Å². The van der Waals surface area contributed by atoms with Crippen LogP contribution in [0.3, 0.4) is 0 Å². The van der Waals surface area contributed by atoms with Gasteiger partial charge in [-0.15, -0.1) is 0 Å². The molecule has 3 heteroatoms. The van der Waals surface area contributed by atoms with E-state index in [2.05, 4.69) is 0 Å². The highest BCUT2D eigenvalue weighted by molar-refractivity contribution is 5.85. The Morgan fingerprint density at radius 3 is 2.33 bits per heavy atom. The highest BCUT2D eigenvalue weighted by atomic mass is 19.3. The van der Waals surface area contributed by atoms with Crippen molar-refractivity contribution in [3.8, 4) is 0 Å². The minimum Gasteiger partial charge on any atom is -0.299 e. The summed E-state index contributed by atoms with van der Waals surface area (Å²) in [5, 5.41) is 0. The van der Waals surface area contributed by atoms with E-state index in [1.54, 1.807) is 0 Å².